The van der Waals surface area contributed by atoms with Crippen LogP contribution in [0.4, 0.5) is 23.2 Å². The third kappa shape index (κ3) is 3.46. The molecule has 1 amide bonds. The van der Waals surface area contributed by atoms with Crippen LogP contribution in [0.2, 0.25) is 0 Å². The highest BCUT2D eigenvalue weighted by Gasteiger charge is 2.41. The van der Waals surface area contributed by atoms with Crippen molar-refractivity contribution >= 4 is 28.3 Å². The molecule has 3 aromatic rings. The fourth-order valence-corrected chi connectivity index (χ4v) is 4.03. The number of Topliss-reactive ketones (excluding diaryl/α,β-unsaturated/α-hetero) is 1. The molecule has 30 heavy (non-hydrogen) atoms. The highest BCUT2D eigenvalue weighted by atomic mass is 19.4. The van der Waals surface area contributed by atoms with E-state index in [9.17, 15) is 27.2 Å². The molecule has 1 aliphatic heterocycles. The van der Waals surface area contributed by atoms with Gasteiger partial charge in [-0.3, -0.25) is 9.59 Å². The van der Waals surface area contributed by atoms with Crippen molar-refractivity contribution in [3.63, 3.8) is 0 Å². The molecule has 1 aromatic heterocycles. The molecule has 0 fully saturated rings. The number of amides is 1. The molecular weight excluding hydrogens is 400 g/mol. The van der Waals surface area contributed by atoms with Gasteiger partial charge in [0.2, 0.25) is 5.91 Å². The lowest BCUT2D eigenvalue weighted by Gasteiger charge is -2.35. The number of rotatable bonds is 3. The van der Waals surface area contributed by atoms with E-state index in [1.54, 1.807) is 29.2 Å². The summed E-state index contributed by atoms with van der Waals surface area (Å²) in [7, 11) is 0. The molecular formula is C22H18F4N2O2. The number of aromatic nitrogens is 1. The Bertz CT molecular complexity index is 1150. The summed E-state index contributed by atoms with van der Waals surface area (Å²) in [6, 6.07) is 10.2. The average Bonchev–Trinajstić information content (AvgIpc) is 3.05. The maximum absolute atomic E-state index is 13.6. The van der Waals surface area contributed by atoms with Gasteiger partial charge in [0.15, 0.2) is 0 Å². The average molecular weight is 418 g/mol. The van der Waals surface area contributed by atoms with E-state index in [2.05, 4.69) is 0 Å². The minimum absolute atomic E-state index is 0.141. The number of aryl methyl sites for hydroxylation is 1. The smallest absolute Gasteiger partial charge is 0.337 e. The van der Waals surface area contributed by atoms with E-state index in [4.69, 9.17) is 0 Å². The molecule has 4 nitrogen and oxygen atoms in total. The number of alkyl halides is 3. The summed E-state index contributed by atoms with van der Waals surface area (Å²) in [5, 5.41) is 0.141. The number of benzene rings is 2. The van der Waals surface area contributed by atoms with Gasteiger partial charge in [-0.25, -0.2) is 4.39 Å². The molecule has 1 aliphatic rings. The van der Waals surface area contributed by atoms with E-state index in [1.807, 2.05) is 6.92 Å². The summed E-state index contributed by atoms with van der Waals surface area (Å²) in [5.41, 5.74) is 1.19. The highest BCUT2D eigenvalue weighted by Crippen LogP contribution is 2.33. The SMILES string of the molecule is CC1CCc2cc(F)ccc2N1C(=O)Cn1cc(C(=O)C(F)(F)F)c2ccccc21. The molecule has 4 rings (SSSR count). The number of nitrogens with zero attached hydrogens (tertiary/aromatic N) is 2. The maximum atomic E-state index is 13.6. The number of hydrogen-bond donors (Lipinski definition) is 0. The minimum Gasteiger partial charge on any atom is -0.337 e. The van der Waals surface area contributed by atoms with Crippen LogP contribution in [0.15, 0.2) is 48.7 Å². The van der Waals surface area contributed by atoms with Crippen molar-refractivity contribution in [1.29, 1.82) is 0 Å². The molecule has 0 bridgehead atoms. The van der Waals surface area contributed by atoms with Gasteiger partial charge in [0.25, 0.3) is 5.78 Å². The molecule has 0 radical (unpaired) electrons. The van der Waals surface area contributed by atoms with Crippen LogP contribution in [0, 0.1) is 5.82 Å². The first-order chi connectivity index (χ1) is 14.2. The van der Waals surface area contributed by atoms with E-state index in [-0.39, 0.29) is 29.7 Å². The van der Waals surface area contributed by atoms with Gasteiger partial charge in [-0.1, -0.05) is 18.2 Å². The summed E-state index contributed by atoms with van der Waals surface area (Å²) in [6.07, 6.45) is -2.65. The molecule has 0 aliphatic carbocycles. The van der Waals surface area contributed by atoms with Crippen LogP contribution in [0.3, 0.4) is 0 Å². The van der Waals surface area contributed by atoms with E-state index < -0.39 is 17.5 Å². The van der Waals surface area contributed by atoms with Crippen molar-refractivity contribution in [3.8, 4) is 0 Å². The van der Waals surface area contributed by atoms with Gasteiger partial charge < -0.3 is 9.47 Å². The molecule has 1 atom stereocenters. The minimum atomic E-state index is -5.01. The molecule has 0 saturated heterocycles. The molecule has 1 unspecified atom stereocenters. The highest BCUT2D eigenvalue weighted by molar-refractivity contribution is 6.11. The lowest BCUT2D eigenvalue weighted by Crippen LogP contribution is -2.43. The van der Waals surface area contributed by atoms with Crippen LogP contribution in [-0.4, -0.2) is 28.5 Å². The van der Waals surface area contributed by atoms with Crippen LogP contribution in [0.1, 0.15) is 29.3 Å². The second-order valence-corrected chi connectivity index (χ2v) is 7.44. The van der Waals surface area contributed by atoms with E-state index in [1.165, 1.54) is 22.8 Å². The topological polar surface area (TPSA) is 42.3 Å². The van der Waals surface area contributed by atoms with Crippen molar-refractivity contribution in [3.05, 3.63) is 65.6 Å². The van der Waals surface area contributed by atoms with Crippen LogP contribution in [0.5, 0.6) is 0 Å². The molecule has 0 spiro atoms. The summed E-state index contributed by atoms with van der Waals surface area (Å²) in [5.74, 6) is -2.68. The number of carbonyl (C=O) groups excluding carboxylic acids is 2. The Kier molecular flexibility index (Phi) is 4.88. The summed E-state index contributed by atoms with van der Waals surface area (Å²) < 4.78 is 54.0. The van der Waals surface area contributed by atoms with Crippen molar-refractivity contribution in [2.75, 3.05) is 4.90 Å². The first-order valence-electron chi connectivity index (χ1n) is 9.46. The third-order valence-electron chi connectivity index (χ3n) is 5.44. The number of hydrogen-bond acceptors (Lipinski definition) is 2. The standard InChI is InChI=1S/C22H18F4N2O2/c1-13-6-7-14-10-15(23)8-9-18(14)28(13)20(29)12-27-11-17(21(30)22(24,25)26)16-4-2-3-5-19(16)27/h2-5,8-11,13H,6-7,12H2,1H3. The van der Waals surface area contributed by atoms with Crippen LogP contribution < -0.4 is 4.90 Å². The second kappa shape index (κ2) is 7.27. The number of ketones is 1. The van der Waals surface area contributed by atoms with Gasteiger partial charge in [-0.15, -0.1) is 0 Å². The number of anilines is 1. The quantitative estimate of drug-likeness (QED) is 0.449. The Balaban J connectivity index is 1.72. The lowest BCUT2D eigenvalue weighted by atomic mass is 9.96. The predicted octanol–water partition coefficient (Wildman–Crippen LogP) is 4.89. The molecule has 8 heteroatoms. The van der Waals surface area contributed by atoms with E-state index in [0.29, 0.717) is 29.6 Å². The van der Waals surface area contributed by atoms with Gasteiger partial charge in [0.05, 0.1) is 5.56 Å². The Hall–Kier alpha value is -3.16. The normalized spacial score (nSPS) is 16.6. The van der Waals surface area contributed by atoms with Crippen molar-refractivity contribution in [2.45, 2.75) is 38.5 Å². The fourth-order valence-electron chi connectivity index (χ4n) is 4.03. The Morgan fingerprint density at radius 2 is 1.87 bits per heavy atom. The van der Waals surface area contributed by atoms with E-state index >= 15 is 0 Å². The second-order valence-electron chi connectivity index (χ2n) is 7.44. The van der Waals surface area contributed by atoms with Crippen molar-refractivity contribution < 1.29 is 27.2 Å². The monoisotopic (exact) mass is 418 g/mol. The first kappa shape index (κ1) is 20.1. The molecule has 2 aromatic carbocycles. The first-order valence-corrected chi connectivity index (χ1v) is 9.46. The van der Waals surface area contributed by atoms with Crippen molar-refractivity contribution in [2.24, 2.45) is 0 Å². The van der Waals surface area contributed by atoms with Gasteiger partial charge in [0, 0.05) is 28.8 Å². The summed E-state index contributed by atoms with van der Waals surface area (Å²) in [6.45, 7) is 1.63. The van der Waals surface area contributed by atoms with Crippen LogP contribution >= 0.6 is 0 Å². The summed E-state index contributed by atoms with van der Waals surface area (Å²) >= 11 is 0. The molecule has 0 N–H and O–H groups in total. The lowest BCUT2D eigenvalue weighted by molar-refractivity contribution is -0.119. The maximum Gasteiger partial charge on any atom is 0.454 e. The van der Waals surface area contributed by atoms with Crippen LogP contribution in [-0.2, 0) is 17.8 Å². The Morgan fingerprint density at radius 3 is 2.60 bits per heavy atom. The zero-order chi connectivity index (χ0) is 21.6. The van der Waals surface area contributed by atoms with Crippen molar-refractivity contribution in [1.82, 2.24) is 4.57 Å². The van der Waals surface area contributed by atoms with Gasteiger partial charge in [-0.05, 0) is 49.6 Å². The largest absolute Gasteiger partial charge is 0.454 e. The summed E-state index contributed by atoms with van der Waals surface area (Å²) in [4.78, 5) is 26.6. The van der Waals surface area contributed by atoms with E-state index in [0.717, 1.165) is 6.20 Å². The molecule has 156 valence electrons. The predicted molar refractivity (Wildman–Crippen MR) is 104 cm³/mol. The zero-order valence-electron chi connectivity index (χ0n) is 16.0. The Labute approximate surface area is 169 Å². The van der Waals surface area contributed by atoms with Crippen LogP contribution in [0.25, 0.3) is 10.9 Å². The number of fused-ring (bicyclic) bond motifs is 2. The number of halogens is 4. The molecule has 2 heterocycles. The fraction of sp³-hybridized carbons (Fsp3) is 0.273. The van der Waals surface area contributed by atoms with Gasteiger partial charge >= 0.3 is 6.18 Å². The van der Waals surface area contributed by atoms with Gasteiger partial charge in [-0.2, -0.15) is 13.2 Å². The zero-order valence-corrected chi connectivity index (χ0v) is 16.0. The molecule has 0 saturated carbocycles. The van der Waals surface area contributed by atoms with Gasteiger partial charge in [0.1, 0.15) is 12.4 Å². The number of carbonyl (C=O) groups is 2. The third-order valence-corrected chi connectivity index (χ3v) is 5.44. The number of para-hydroxylation sites is 1. The Morgan fingerprint density at radius 1 is 1.13 bits per heavy atom.